The molecule has 1 aromatic carbocycles. The average Bonchev–Trinajstić information content (AvgIpc) is 2.46. The van der Waals surface area contributed by atoms with Crippen LogP contribution >= 0.6 is 0 Å². The first-order chi connectivity index (χ1) is 9.45. The first-order valence-electron chi connectivity index (χ1n) is 7.09. The Morgan fingerprint density at radius 3 is 2.40 bits per heavy atom. The fourth-order valence-electron chi connectivity index (χ4n) is 2.00. The highest BCUT2D eigenvalue weighted by atomic mass is 16.5. The number of methoxy groups -OCH3 is 1. The van der Waals surface area contributed by atoms with E-state index < -0.39 is 0 Å². The molecule has 4 heteroatoms. The summed E-state index contributed by atoms with van der Waals surface area (Å²) in [5.41, 5.74) is 7.02. The lowest BCUT2D eigenvalue weighted by Gasteiger charge is -2.23. The Morgan fingerprint density at radius 2 is 1.90 bits per heavy atom. The van der Waals surface area contributed by atoms with Gasteiger partial charge in [0, 0.05) is 19.6 Å². The molecule has 4 nitrogen and oxygen atoms in total. The van der Waals surface area contributed by atoms with E-state index in [1.165, 1.54) is 5.56 Å². The maximum absolute atomic E-state index is 12.0. The van der Waals surface area contributed by atoms with E-state index in [9.17, 15) is 4.79 Å². The van der Waals surface area contributed by atoms with Crippen LogP contribution in [0.5, 0.6) is 5.75 Å². The summed E-state index contributed by atoms with van der Waals surface area (Å²) >= 11 is 0. The minimum absolute atomic E-state index is 0.105. The van der Waals surface area contributed by atoms with Crippen molar-refractivity contribution in [3.63, 3.8) is 0 Å². The minimum atomic E-state index is -0.124. The largest absolute Gasteiger partial charge is 0.497 e. The van der Waals surface area contributed by atoms with E-state index in [0.29, 0.717) is 0 Å². The van der Waals surface area contributed by atoms with Crippen LogP contribution < -0.4 is 10.5 Å². The number of hydrogen-bond donors (Lipinski definition) is 1. The van der Waals surface area contributed by atoms with Crippen LogP contribution in [0.3, 0.4) is 0 Å². The molecule has 0 saturated heterocycles. The van der Waals surface area contributed by atoms with E-state index in [1.807, 2.05) is 33.0 Å². The summed E-state index contributed by atoms with van der Waals surface area (Å²) in [6, 6.07) is 7.94. The number of carbonyl (C=O) groups is 1. The summed E-state index contributed by atoms with van der Waals surface area (Å²) in [7, 11) is 3.50. The molecule has 0 aliphatic carbocycles. The SMILES string of the molecule is COc1ccc(CCCN(C)C(=O)C(C)C(C)N)cc1. The Kier molecular flexibility index (Phi) is 6.52. The average molecular weight is 278 g/mol. The quantitative estimate of drug-likeness (QED) is 0.830. The van der Waals surface area contributed by atoms with Crippen molar-refractivity contribution in [1.82, 2.24) is 4.90 Å². The van der Waals surface area contributed by atoms with Gasteiger partial charge >= 0.3 is 0 Å². The van der Waals surface area contributed by atoms with Gasteiger partial charge < -0.3 is 15.4 Å². The van der Waals surface area contributed by atoms with Crippen molar-refractivity contribution in [3.8, 4) is 5.75 Å². The zero-order valence-electron chi connectivity index (χ0n) is 12.9. The topological polar surface area (TPSA) is 55.6 Å². The van der Waals surface area contributed by atoms with Crippen LogP contribution in [0, 0.1) is 5.92 Å². The first kappa shape index (κ1) is 16.5. The highest BCUT2D eigenvalue weighted by Crippen LogP contribution is 2.13. The summed E-state index contributed by atoms with van der Waals surface area (Å²) in [6.07, 6.45) is 1.90. The van der Waals surface area contributed by atoms with E-state index in [4.69, 9.17) is 10.5 Å². The first-order valence-corrected chi connectivity index (χ1v) is 7.09. The number of carbonyl (C=O) groups excluding carboxylic acids is 1. The van der Waals surface area contributed by atoms with Gasteiger partial charge in [-0.25, -0.2) is 0 Å². The summed E-state index contributed by atoms with van der Waals surface area (Å²) in [6.45, 7) is 4.50. The summed E-state index contributed by atoms with van der Waals surface area (Å²) < 4.78 is 5.13. The molecular weight excluding hydrogens is 252 g/mol. The smallest absolute Gasteiger partial charge is 0.226 e. The zero-order chi connectivity index (χ0) is 15.1. The maximum Gasteiger partial charge on any atom is 0.226 e. The normalized spacial score (nSPS) is 13.7. The van der Waals surface area contributed by atoms with Gasteiger partial charge in [-0.3, -0.25) is 4.79 Å². The van der Waals surface area contributed by atoms with Gasteiger partial charge in [0.2, 0.25) is 5.91 Å². The summed E-state index contributed by atoms with van der Waals surface area (Å²) in [5, 5.41) is 0. The molecule has 0 aliphatic heterocycles. The highest BCUT2D eigenvalue weighted by molar-refractivity contribution is 5.78. The predicted molar refractivity (Wildman–Crippen MR) is 81.8 cm³/mol. The van der Waals surface area contributed by atoms with Crippen molar-refractivity contribution in [2.75, 3.05) is 20.7 Å². The fraction of sp³-hybridized carbons (Fsp3) is 0.562. The number of rotatable bonds is 7. The standard InChI is InChI=1S/C16H26N2O2/c1-12(13(2)17)16(19)18(3)11-5-6-14-7-9-15(20-4)10-8-14/h7-10,12-13H,5-6,11,17H2,1-4H3. The van der Waals surface area contributed by atoms with Gasteiger partial charge in [-0.15, -0.1) is 0 Å². The molecule has 1 amide bonds. The second-order valence-corrected chi connectivity index (χ2v) is 5.36. The Morgan fingerprint density at radius 1 is 1.30 bits per heavy atom. The Bertz CT molecular complexity index is 415. The number of amides is 1. The lowest BCUT2D eigenvalue weighted by molar-refractivity contribution is -0.134. The Hall–Kier alpha value is -1.55. The van der Waals surface area contributed by atoms with Crippen LogP contribution in [0.4, 0.5) is 0 Å². The Labute approximate surface area is 121 Å². The number of nitrogens with two attached hydrogens (primary N) is 1. The van der Waals surface area contributed by atoms with Gasteiger partial charge in [0.1, 0.15) is 5.75 Å². The summed E-state index contributed by atoms with van der Waals surface area (Å²) in [4.78, 5) is 13.8. The molecule has 0 radical (unpaired) electrons. The van der Waals surface area contributed by atoms with Gasteiger partial charge in [0.05, 0.1) is 13.0 Å². The van der Waals surface area contributed by atoms with Gasteiger partial charge in [0.15, 0.2) is 0 Å². The minimum Gasteiger partial charge on any atom is -0.497 e. The molecule has 0 aliphatic rings. The van der Waals surface area contributed by atoms with Gasteiger partial charge in [-0.2, -0.15) is 0 Å². The van der Waals surface area contributed by atoms with Crippen molar-refractivity contribution in [2.45, 2.75) is 32.7 Å². The number of nitrogens with zero attached hydrogens (tertiary/aromatic N) is 1. The second-order valence-electron chi connectivity index (χ2n) is 5.36. The molecule has 0 saturated carbocycles. The zero-order valence-corrected chi connectivity index (χ0v) is 12.9. The molecule has 0 spiro atoms. The van der Waals surface area contributed by atoms with Crippen molar-refractivity contribution < 1.29 is 9.53 Å². The van der Waals surface area contributed by atoms with Crippen molar-refractivity contribution >= 4 is 5.91 Å². The van der Waals surface area contributed by atoms with Crippen LogP contribution in [-0.2, 0) is 11.2 Å². The van der Waals surface area contributed by atoms with Gasteiger partial charge in [-0.1, -0.05) is 19.1 Å². The molecule has 1 rings (SSSR count). The number of aryl methyl sites for hydroxylation is 1. The molecule has 112 valence electrons. The monoisotopic (exact) mass is 278 g/mol. The van der Waals surface area contributed by atoms with Crippen molar-refractivity contribution in [2.24, 2.45) is 11.7 Å². The Balaban J connectivity index is 2.37. The van der Waals surface area contributed by atoms with E-state index in [2.05, 4.69) is 12.1 Å². The van der Waals surface area contributed by atoms with Gasteiger partial charge in [-0.05, 0) is 37.5 Å². The third kappa shape index (κ3) is 4.85. The van der Waals surface area contributed by atoms with Crippen LogP contribution in [0.25, 0.3) is 0 Å². The maximum atomic E-state index is 12.0. The van der Waals surface area contributed by atoms with E-state index in [0.717, 1.165) is 25.1 Å². The van der Waals surface area contributed by atoms with Crippen molar-refractivity contribution in [1.29, 1.82) is 0 Å². The molecule has 1 aromatic rings. The van der Waals surface area contributed by atoms with Crippen LogP contribution in [0.2, 0.25) is 0 Å². The van der Waals surface area contributed by atoms with Crippen LogP contribution in [0.15, 0.2) is 24.3 Å². The third-order valence-electron chi connectivity index (χ3n) is 3.67. The van der Waals surface area contributed by atoms with Crippen LogP contribution in [0.1, 0.15) is 25.8 Å². The summed E-state index contributed by atoms with van der Waals surface area (Å²) in [5.74, 6) is 0.863. The molecule has 2 N–H and O–H groups in total. The number of benzene rings is 1. The molecule has 2 unspecified atom stereocenters. The lowest BCUT2D eigenvalue weighted by atomic mass is 10.0. The van der Waals surface area contributed by atoms with E-state index in [-0.39, 0.29) is 17.9 Å². The van der Waals surface area contributed by atoms with Crippen molar-refractivity contribution in [3.05, 3.63) is 29.8 Å². The molecule has 20 heavy (non-hydrogen) atoms. The van der Waals surface area contributed by atoms with Crippen LogP contribution in [-0.4, -0.2) is 37.6 Å². The molecule has 0 heterocycles. The number of ether oxygens (including phenoxy) is 1. The van der Waals surface area contributed by atoms with Gasteiger partial charge in [0.25, 0.3) is 0 Å². The molecule has 0 bridgehead atoms. The van der Waals surface area contributed by atoms with E-state index >= 15 is 0 Å². The molecule has 0 fully saturated rings. The number of hydrogen-bond acceptors (Lipinski definition) is 3. The molecule has 0 aromatic heterocycles. The highest BCUT2D eigenvalue weighted by Gasteiger charge is 2.20. The molecular formula is C16H26N2O2. The van der Waals surface area contributed by atoms with E-state index in [1.54, 1.807) is 12.0 Å². The predicted octanol–water partition coefficient (Wildman–Crippen LogP) is 2.07. The fourth-order valence-corrected chi connectivity index (χ4v) is 2.00. The second kappa shape index (κ2) is 7.90. The lowest BCUT2D eigenvalue weighted by Crippen LogP contribution is -2.40. The third-order valence-corrected chi connectivity index (χ3v) is 3.67. The molecule has 2 atom stereocenters.